The molecule has 1 heterocycles. The standard InChI is InChI=1S/C12H14ClNO4/c1-12(11(16)17)5-2-3-8(12)14-10(15)7-4-6-18-9(7)13/h4,6,8H,2-3,5H2,1H3,(H,14,15)(H,16,17). The second-order valence-corrected chi connectivity index (χ2v) is 5.09. The van der Waals surface area contributed by atoms with Crippen molar-refractivity contribution in [2.24, 2.45) is 5.41 Å². The van der Waals surface area contributed by atoms with E-state index in [0.717, 1.165) is 6.42 Å². The van der Waals surface area contributed by atoms with Crippen LogP contribution in [0, 0.1) is 5.41 Å². The number of carboxylic acids is 1. The number of carboxylic acid groups (broad SMARTS) is 1. The quantitative estimate of drug-likeness (QED) is 0.884. The van der Waals surface area contributed by atoms with Crippen LogP contribution in [0.15, 0.2) is 16.7 Å². The number of hydrogen-bond donors (Lipinski definition) is 2. The smallest absolute Gasteiger partial charge is 0.311 e. The zero-order valence-corrected chi connectivity index (χ0v) is 10.7. The summed E-state index contributed by atoms with van der Waals surface area (Å²) in [6.45, 7) is 1.66. The second-order valence-electron chi connectivity index (χ2n) is 4.75. The maximum absolute atomic E-state index is 11.9. The van der Waals surface area contributed by atoms with Crippen LogP contribution in [0.1, 0.15) is 36.5 Å². The first-order valence-electron chi connectivity index (χ1n) is 5.72. The third-order valence-corrected chi connectivity index (χ3v) is 3.91. The number of aliphatic carboxylic acids is 1. The van der Waals surface area contributed by atoms with Gasteiger partial charge in [-0.2, -0.15) is 0 Å². The number of amides is 1. The van der Waals surface area contributed by atoms with E-state index < -0.39 is 17.3 Å². The molecule has 6 heteroatoms. The molecule has 0 bridgehead atoms. The van der Waals surface area contributed by atoms with Crippen molar-refractivity contribution in [1.29, 1.82) is 0 Å². The van der Waals surface area contributed by atoms with Crippen LogP contribution < -0.4 is 5.32 Å². The van der Waals surface area contributed by atoms with Crippen LogP contribution in [0.3, 0.4) is 0 Å². The molecule has 1 aliphatic carbocycles. The van der Waals surface area contributed by atoms with Crippen molar-refractivity contribution in [1.82, 2.24) is 5.32 Å². The van der Waals surface area contributed by atoms with Gasteiger partial charge in [0.15, 0.2) is 0 Å². The van der Waals surface area contributed by atoms with Crippen molar-refractivity contribution in [3.8, 4) is 0 Å². The van der Waals surface area contributed by atoms with E-state index in [1.54, 1.807) is 6.92 Å². The molecular formula is C12H14ClNO4. The molecule has 5 nitrogen and oxygen atoms in total. The number of rotatable bonds is 3. The van der Waals surface area contributed by atoms with Gasteiger partial charge in [-0.1, -0.05) is 6.42 Å². The minimum absolute atomic E-state index is 0.0162. The van der Waals surface area contributed by atoms with Gasteiger partial charge in [-0.05, 0) is 37.4 Å². The lowest BCUT2D eigenvalue weighted by atomic mass is 9.85. The summed E-state index contributed by atoms with van der Waals surface area (Å²) in [5.41, 5.74) is -0.678. The molecule has 2 rings (SSSR count). The van der Waals surface area contributed by atoms with Gasteiger partial charge in [-0.15, -0.1) is 0 Å². The number of nitrogens with one attached hydrogen (secondary N) is 1. The molecule has 2 N–H and O–H groups in total. The van der Waals surface area contributed by atoms with E-state index in [2.05, 4.69) is 5.32 Å². The van der Waals surface area contributed by atoms with Crippen LogP contribution in [0.4, 0.5) is 0 Å². The number of carbonyl (C=O) groups is 2. The lowest BCUT2D eigenvalue weighted by Crippen LogP contribution is -2.47. The van der Waals surface area contributed by atoms with E-state index in [4.69, 9.17) is 16.0 Å². The van der Waals surface area contributed by atoms with Gasteiger partial charge < -0.3 is 14.8 Å². The first-order chi connectivity index (χ1) is 8.45. The maximum Gasteiger partial charge on any atom is 0.311 e. The van der Waals surface area contributed by atoms with Crippen molar-refractivity contribution in [2.45, 2.75) is 32.2 Å². The molecule has 1 fully saturated rings. The van der Waals surface area contributed by atoms with Crippen LogP contribution in [0.25, 0.3) is 0 Å². The Labute approximate surface area is 109 Å². The third kappa shape index (κ3) is 2.10. The highest BCUT2D eigenvalue weighted by Crippen LogP contribution is 2.38. The summed E-state index contributed by atoms with van der Waals surface area (Å²) in [6, 6.07) is 1.08. The normalized spacial score (nSPS) is 27.1. The Morgan fingerprint density at radius 1 is 1.61 bits per heavy atom. The Bertz CT molecular complexity index is 484. The summed E-state index contributed by atoms with van der Waals surface area (Å²) in [7, 11) is 0. The van der Waals surface area contributed by atoms with Crippen LogP contribution in [-0.2, 0) is 4.79 Å². The molecule has 0 spiro atoms. The molecule has 1 amide bonds. The van der Waals surface area contributed by atoms with Crippen LogP contribution >= 0.6 is 11.6 Å². The fraction of sp³-hybridized carbons (Fsp3) is 0.500. The first kappa shape index (κ1) is 13.0. The van der Waals surface area contributed by atoms with Crippen molar-refractivity contribution in [3.63, 3.8) is 0 Å². The van der Waals surface area contributed by atoms with Crippen molar-refractivity contribution < 1.29 is 19.1 Å². The van der Waals surface area contributed by atoms with Crippen molar-refractivity contribution in [3.05, 3.63) is 23.1 Å². The largest absolute Gasteiger partial charge is 0.481 e. The average Bonchev–Trinajstić information content (AvgIpc) is 2.87. The lowest BCUT2D eigenvalue weighted by molar-refractivity contribution is -0.148. The monoisotopic (exact) mass is 271 g/mol. The summed E-state index contributed by atoms with van der Waals surface area (Å²) in [4.78, 5) is 23.2. The number of hydrogen-bond acceptors (Lipinski definition) is 3. The molecule has 98 valence electrons. The Balaban J connectivity index is 2.13. The topological polar surface area (TPSA) is 79.5 Å². The van der Waals surface area contributed by atoms with Gasteiger partial charge in [-0.25, -0.2) is 0 Å². The predicted molar refractivity (Wildman–Crippen MR) is 64.6 cm³/mol. The Kier molecular flexibility index (Phi) is 3.34. The number of halogens is 1. The highest BCUT2D eigenvalue weighted by Gasteiger charge is 2.46. The van der Waals surface area contributed by atoms with E-state index in [0.29, 0.717) is 12.8 Å². The summed E-state index contributed by atoms with van der Waals surface area (Å²) >= 11 is 5.71. The number of furan rings is 1. The van der Waals surface area contributed by atoms with Crippen LogP contribution in [-0.4, -0.2) is 23.0 Å². The molecule has 1 aromatic heterocycles. The molecule has 1 aromatic rings. The Hall–Kier alpha value is -1.49. The molecule has 0 radical (unpaired) electrons. The van der Waals surface area contributed by atoms with Crippen molar-refractivity contribution >= 4 is 23.5 Å². The predicted octanol–water partition coefficient (Wildman–Crippen LogP) is 2.31. The zero-order valence-electron chi connectivity index (χ0n) is 9.90. The summed E-state index contributed by atoms with van der Waals surface area (Å²) in [6.07, 6.45) is 3.32. The van der Waals surface area contributed by atoms with Gasteiger partial charge in [0, 0.05) is 6.04 Å². The minimum atomic E-state index is -0.911. The molecule has 0 saturated heterocycles. The van der Waals surface area contributed by atoms with E-state index >= 15 is 0 Å². The Morgan fingerprint density at radius 3 is 2.89 bits per heavy atom. The molecule has 1 aliphatic rings. The maximum atomic E-state index is 11.9. The molecule has 2 atom stereocenters. The number of carbonyl (C=O) groups excluding carboxylic acids is 1. The SMILES string of the molecule is CC1(C(=O)O)CCCC1NC(=O)c1ccoc1Cl. The lowest BCUT2D eigenvalue weighted by Gasteiger charge is -2.27. The molecule has 1 saturated carbocycles. The van der Waals surface area contributed by atoms with Crippen LogP contribution in [0.2, 0.25) is 5.22 Å². The first-order valence-corrected chi connectivity index (χ1v) is 6.10. The second kappa shape index (κ2) is 4.65. The fourth-order valence-corrected chi connectivity index (χ4v) is 2.55. The van der Waals surface area contributed by atoms with Gasteiger partial charge in [0.2, 0.25) is 5.22 Å². The molecule has 0 aromatic carbocycles. The fourth-order valence-electron chi connectivity index (χ4n) is 2.35. The molecule has 2 unspecified atom stereocenters. The molecule has 0 aliphatic heterocycles. The van der Waals surface area contributed by atoms with E-state index in [9.17, 15) is 14.7 Å². The molecular weight excluding hydrogens is 258 g/mol. The van der Waals surface area contributed by atoms with Gasteiger partial charge >= 0.3 is 5.97 Å². The zero-order chi connectivity index (χ0) is 13.3. The van der Waals surface area contributed by atoms with E-state index in [1.807, 2.05) is 0 Å². The third-order valence-electron chi connectivity index (χ3n) is 3.61. The highest BCUT2D eigenvalue weighted by atomic mass is 35.5. The summed E-state index contributed by atoms with van der Waals surface area (Å²) in [5, 5.41) is 12.0. The van der Waals surface area contributed by atoms with Gasteiger partial charge in [-0.3, -0.25) is 9.59 Å². The van der Waals surface area contributed by atoms with Gasteiger partial charge in [0.25, 0.3) is 5.91 Å². The van der Waals surface area contributed by atoms with Gasteiger partial charge in [0.05, 0.1) is 17.2 Å². The van der Waals surface area contributed by atoms with Crippen molar-refractivity contribution in [2.75, 3.05) is 0 Å². The van der Waals surface area contributed by atoms with Gasteiger partial charge in [0.1, 0.15) is 0 Å². The van der Waals surface area contributed by atoms with E-state index in [-0.39, 0.29) is 16.8 Å². The average molecular weight is 272 g/mol. The Morgan fingerprint density at radius 2 is 2.33 bits per heavy atom. The summed E-state index contributed by atoms with van der Waals surface area (Å²) in [5.74, 6) is -1.28. The molecule has 18 heavy (non-hydrogen) atoms. The van der Waals surface area contributed by atoms with E-state index in [1.165, 1.54) is 12.3 Å². The summed E-state index contributed by atoms with van der Waals surface area (Å²) < 4.78 is 4.84. The van der Waals surface area contributed by atoms with Crippen LogP contribution in [0.5, 0.6) is 0 Å². The highest BCUT2D eigenvalue weighted by molar-refractivity contribution is 6.32. The minimum Gasteiger partial charge on any atom is -0.481 e.